The second-order valence-corrected chi connectivity index (χ2v) is 9.72. The highest BCUT2D eigenvalue weighted by atomic mass is 19.2. The molecule has 2 atom stereocenters. The summed E-state index contributed by atoms with van der Waals surface area (Å²) in [6, 6.07) is 24.3. The average molecular weight is 571 g/mol. The Kier molecular flexibility index (Phi) is 8.14. The molecule has 0 saturated heterocycles. The van der Waals surface area contributed by atoms with Crippen molar-refractivity contribution in [3.05, 3.63) is 137 Å². The van der Waals surface area contributed by atoms with Crippen LogP contribution in [0, 0.1) is 17.5 Å². The largest absolute Gasteiger partial charge is 0.368 e. The fourth-order valence-electron chi connectivity index (χ4n) is 4.86. The van der Waals surface area contributed by atoms with Crippen molar-refractivity contribution in [1.29, 1.82) is 0 Å². The number of nitrogens with one attached hydrogen (secondary N) is 1. The van der Waals surface area contributed by atoms with Crippen LogP contribution in [0.5, 0.6) is 0 Å². The number of nitrogens with zero attached hydrogens (tertiary/aromatic N) is 2. The Morgan fingerprint density at radius 2 is 1.57 bits per heavy atom. The number of rotatable bonds is 8. The summed E-state index contributed by atoms with van der Waals surface area (Å²) < 4.78 is 41.3. The number of aliphatic imine (C=N–C) groups is 1. The molecule has 212 valence electrons. The SMILES string of the molecule is NC(=O)CN1C(=O)C(NC(=O)[C@@H](Cc2ccc(F)c(F)c2)c2ccc(F)cc2)N=C(c2ccccc2)c2ccccc21. The number of carbonyl (C=O) groups is 3. The van der Waals surface area contributed by atoms with Gasteiger partial charge in [-0.2, -0.15) is 0 Å². The van der Waals surface area contributed by atoms with Crippen molar-refractivity contribution in [1.82, 2.24) is 5.32 Å². The third kappa shape index (κ3) is 6.07. The van der Waals surface area contributed by atoms with Gasteiger partial charge in [-0.25, -0.2) is 18.2 Å². The number of primary amides is 1. The predicted octanol–water partition coefficient (Wildman–Crippen LogP) is 4.24. The summed E-state index contributed by atoms with van der Waals surface area (Å²) in [7, 11) is 0. The molecule has 1 heterocycles. The second-order valence-electron chi connectivity index (χ2n) is 9.72. The summed E-state index contributed by atoms with van der Waals surface area (Å²) in [5, 5.41) is 2.67. The van der Waals surface area contributed by atoms with Crippen LogP contribution in [0.15, 0.2) is 102 Å². The van der Waals surface area contributed by atoms with Gasteiger partial charge in [0.2, 0.25) is 18.0 Å². The Morgan fingerprint density at radius 3 is 2.26 bits per heavy atom. The third-order valence-corrected chi connectivity index (χ3v) is 6.86. The molecule has 0 aliphatic carbocycles. The number of benzene rings is 4. The van der Waals surface area contributed by atoms with Gasteiger partial charge in [-0.3, -0.25) is 19.3 Å². The lowest BCUT2D eigenvalue weighted by Gasteiger charge is -2.25. The van der Waals surface area contributed by atoms with Crippen molar-refractivity contribution >= 4 is 29.1 Å². The zero-order chi connectivity index (χ0) is 29.8. The van der Waals surface area contributed by atoms with Crippen molar-refractivity contribution in [3.63, 3.8) is 0 Å². The van der Waals surface area contributed by atoms with Gasteiger partial charge in [0.25, 0.3) is 5.91 Å². The van der Waals surface area contributed by atoms with E-state index in [1.54, 1.807) is 48.5 Å². The van der Waals surface area contributed by atoms with Gasteiger partial charge in [-0.1, -0.05) is 66.7 Å². The topological polar surface area (TPSA) is 105 Å². The molecule has 0 fully saturated rings. The minimum Gasteiger partial charge on any atom is -0.368 e. The monoisotopic (exact) mass is 570 g/mol. The molecule has 0 spiro atoms. The van der Waals surface area contributed by atoms with Gasteiger partial charge in [-0.15, -0.1) is 0 Å². The minimum atomic E-state index is -1.48. The number of hydrogen-bond donors (Lipinski definition) is 2. The Morgan fingerprint density at radius 1 is 0.881 bits per heavy atom. The van der Waals surface area contributed by atoms with E-state index in [0.717, 1.165) is 12.1 Å². The summed E-state index contributed by atoms with van der Waals surface area (Å²) in [4.78, 5) is 45.5. The molecule has 42 heavy (non-hydrogen) atoms. The number of para-hydroxylation sites is 1. The van der Waals surface area contributed by atoms with Crippen LogP contribution in [0.3, 0.4) is 0 Å². The van der Waals surface area contributed by atoms with Crippen LogP contribution >= 0.6 is 0 Å². The van der Waals surface area contributed by atoms with Gasteiger partial charge in [0.05, 0.1) is 17.3 Å². The molecule has 1 aliphatic heterocycles. The van der Waals surface area contributed by atoms with Crippen LogP contribution in [0.25, 0.3) is 0 Å². The maximum absolute atomic E-state index is 14.0. The molecule has 0 radical (unpaired) electrons. The maximum atomic E-state index is 14.0. The molecular weight excluding hydrogens is 545 g/mol. The first-order valence-corrected chi connectivity index (χ1v) is 13.0. The first-order chi connectivity index (χ1) is 20.2. The quantitative estimate of drug-likeness (QED) is 0.331. The third-order valence-electron chi connectivity index (χ3n) is 6.86. The van der Waals surface area contributed by atoms with Crippen LogP contribution in [-0.2, 0) is 20.8 Å². The fraction of sp³-hybridized carbons (Fsp3) is 0.125. The average Bonchev–Trinajstić information content (AvgIpc) is 3.09. The van der Waals surface area contributed by atoms with Gasteiger partial charge in [0, 0.05) is 11.1 Å². The molecule has 0 saturated carbocycles. The summed E-state index contributed by atoms with van der Waals surface area (Å²) in [5.74, 6) is -5.83. The Hall–Kier alpha value is -5.25. The van der Waals surface area contributed by atoms with E-state index in [-0.39, 0.29) is 6.42 Å². The molecular formula is C32H25F3N4O3. The summed E-state index contributed by atoms with van der Waals surface area (Å²) in [6.07, 6.45) is -1.57. The minimum absolute atomic E-state index is 0.0872. The fourth-order valence-corrected chi connectivity index (χ4v) is 4.86. The Labute approximate surface area is 239 Å². The normalized spacial score (nSPS) is 15.3. The van der Waals surface area contributed by atoms with E-state index >= 15 is 0 Å². The lowest BCUT2D eigenvalue weighted by molar-refractivity contribution is -0.128. The predicted molar refractivity (Wildman–Crippen MR) is 151 cm³/mol. The highest BCUT2D eigenvalue weighted by Gasteiger charge is 2.35. The van der Waals surface area contributed by atoms with E-state index in [0.29, 0.717) is 33.7 Å². The molecule has 1 aliphatic rings. The zero-order valence-electron chi connectivity index (χ0n) is 22.1. The second kappa shape index (κ2) is 12.1. The number of halogens is 3. The van der Waals surface area contributed by atoms with Crippen LogP contribution in [0.1, 0.15) is 28.2 Å². The van der Waals surface area contributed by atoms with Gasteiger partial charge in [0.15, 0.2) is 11.6 Å². The molecule has 7 nitrogen and oxygen atoms in total. The first-order valence-electron chi connectivity index (χ1n) is 13.0. The standard InChI is InChI=1S/C32H25F3N4O3/c33-22-13-11-20(12-14-22)24(16-19-10-15-25(34)26(35)17-19)31(41)38-30-32(42)39(18-28(36)40)27-9-5-4-8-23(27)29(37-30)21-6-2-1-3-7-21/h1-15,17,24,30H,16,18H2,(H2,36,40)(H,38,41)/t24-,30?/m0/s1. The molecule has 3 amide bonds. The lowest BCUT2D eigenvalue weighted by atomic mass is 9.91. The number of fused-ring (bicyclic) bond motifs is 1. The van der Waals surface area contributed by atoms with Crippen molar-refractivity contribution in [3.8, 4) is 0 Å². The molecule has 1 unspecified atom stereocenters. The van der Waals surface area contributed by atoms with Gasteiger partial charge >= 0.3 is 0 Å². The van der Waals surface area contributed by atoms with E-state index in [4.69, 9.17) is 5.73 Å². The zero-order valence-corrected chi connectivity index (χ0v) is 22.1. The van der Waals surface area contributed by atoms with Crippen LogP contribution in [0.4, 0.5) is 18.9 Å². The van der Waals surface area contributed by atoms with E-state index in [1.807, 2.05) is 6.07 Å². The molecule has 4 aromatic carbocycles. The maximum Gasteiger partial charge on any atom is 0.272 e. The van der Waals surface area contributed by atoms with Crippen LogP contribution in [-0.4, -0.2) is 36.1 Å². The van der Waals surface area contributed by atoms with Crippen molar-refractivity contribution < 1.29 is 27.6 Å². The van der Waals surface area contributed by atoms with E-state index in [9.17, 15) is 27.6 Å². The number of carbonyl (C=O) groups excluding carboxylic acids is 3. The first kappa shape index (κ1) is 28.3. The lowest BCUT2D eigenvalue weighted by Crippen LogP contribution is -2.50. The van der Waals surface area contributed by atoms with Crippen molar-refractivity contribution in [2.75, 3.05) is 11.4 Å². The van der Waals surface area contributed by atoms with Gasteiger partial charge in [-0.05, 0) is 47.9 Å². The molecule has 3 N–H and O–H groups in total. The van der Waals surface area contributed by atoms with E-state index < -0.39 is 53.8 Å². The highest BCUT2D eigenvalue weighted by Crippen LogP contribution is 2.29. The van der Waals surface area contributed by atoms with E-state index in [2.05, 4.69) is 10.3 Å². The highest BCUT2D eigenvalue weighted by molar-refractivity contribution is 6.21. The van der Waals surface area contributed by atoms with E-state index in [1.165, 1.54) is 35.2 Å². The van der Waals surface area contributed by atoms with Gasteiger partial charge in [0.1, 0.15) is 12.4 Å². The number of amides is 3. The van der Waals surface area contributed by atoms with Crippen molar-refractivity contribution in [2.45, 2.75) is 18.5 Å². The number of nitrogens with two attached hydrogens (primary N) is 1. The van der Waals surface area contributed by atoms with Gasteiger partial charge < -0.3 is 11.1 Å². The molecule has 10 heteroatoms. The summed E-state index contributed by atoms with van der Waals surface area (Å²) >= 11 is 0. The Balaban J connectivity index is 1.57. The van der Waals surface area contributed by atoms with Crippen LogP contribution in [0.2, 0.25) is 0 Å². The smallest absolute Gasteiger partial charge is 0.272 e. The number of anilines is 1. The number of hydrogen-bond acceptors (Lipinski definition) is 4. The summed E-state index contributed by atoms with van der Waals surface area (Å²) in [5.41, 5.74) is 8.17. The van der Waals surface area contributed by atoms with Crippen molar-refractivity contribution in [2.24, 2.45) is 10.7 Å². The Bertz CT molecular complexity index is 1680. The molecule has 5 rings (SSSR count). The number of benzodiazepines with no additional fused rings is 1. The molecule has 0 bridgehead atoms. The summed E-state index contributed by atoms with van der Waals surface area (Å²) in [6.45, 7) is -0.462. The molecule has 4 aromatic rings. The van der Waals surface area contributed by atoms with Crippen LogP contribution < -0.4 is 16.0 Å². The molecule has 0 aromatic heterocycles.